The third kappa shape index (κ3) is 6.48. The van der Waals surface area contributed by atoms with Crippen molar-refractivity contribution in [1.82, 2.24) is 10.2 Å². The van der Waals surface area contributed by atoms with Crippen molar-refractivity contribution in [1.29, 1.82) is 0 Å². The Hall–Kier alpha value is -0.820. The van der Waals surface area contributed by atoms with Gasteiger partial charge in [0.2, 0.25) is 0 Å². The fourth-order valence-corrected chi connectivity index (χ4v) is 1.93. The molecule has 0 radical (unpaired) electrons. The smallest absolute Gasteiger partial charge is 0.401 e. The first kappa shape index (κ1) is 14.2. The summed E-state index contributed by atoms with van der Waals surface area (Å²) < 4.78 is 36.3. The summed E-state index contributed by atoms with van der Waals surface area (Å²) in [7, 11) is 0. The first-order valence-electron chi connectivity index (χ1n) is 5.61. The molecule has 0 spiro atoms. The van der Waals surface area contributed by atoms with Gasteiger partial charge in [-0.15, -0.1) is 0 Å². The van der Waals surface area contributed by atoms with Crippen molar-refractivity contribution in [2.45, 2.75) is 31.5 Å². The molecule has 1 rings (SSSR count). The summed E-state index contributed by atoms with van der Waals surface area (Å²) in [6.45, 7) is 0.336. The molecule has 0 aliphatic carbocycles. The Morgan fingerprint density at radius 3 is 2.41 bits per heavy atom. The summed E-state index contributed by atoms with van der Waals surface area (Å²) in [5, 5.41) is 11.5. The zero-order chi connectivity index (χ0) is 12.9. The number of hydrogen-bond donors (Lipinski definition) is 2. The number of carboxylic acids is 1. The molecule has 0 aromatic rings. The van der Waals surface area contributed by atoms with E-state index in [1.54, 1.807) is 0 Å². The first-order valence-corrected chi connectivity index (χ1v) is 5.61. The van der Waals surface area contributed by atoms with Crippen molar-refractivity contribution in [2.75, 3.05) is 26.2 Å². The lowest BCUT2D eigenvalue weighted by Gasteiger charge is -2.32. The Labute approximate surface area is 97.8 Å². The zero-order valence-electron chi connectivity index (χ0n) is 9.46. The zero-order valence-corrected chi connectivity index (χ0v) is 9.46. The molecule has 0 bridgehead atoms. The van der Waals surface area contributed by atoms with E-state index in [-0.39, 0.29) is 12.5 Å². The van der Waals surface area contributed by atoms with Crippen molar-refractivity contribution >= 4 is 5.97 Å². The van der Waals surface area contributed by atoms with Gasteiger partial charge in [-0.25, -0.2) is 0 Å². The van der Waals surface area contributed by atoms with E-state index in [2.05, 4.69) is 5.32 Å². The summed E-state index contributed by atoms with van der Waals surface area (Å²) >= 11 is 0. The third-order valence-corrected chi connectivity index (χ3v) is 2.76. The van der Waals surface area contributed by atoms with Crippen molar-refractivity contribution in [3.63, 3.8) is 0 Å². The second-order valence-electron chi connectivity index (χ2n) is 4.26. The van der Waals surface area contributed by atoms with E-state index in [9.17, 15) is 18.0 Å². The molecule has 1 aliphatic heterocycles. The molecular weight excluding hydrogens is 237 g/mol. The van der Waals surface area contributed by atoms with E-state index in [1.807, 2.05) is 0 Å². The molecule has 1 aliphatic rings. The minimum atomic E-state index is -4.14. The van der Waals surface area contributed by atoms with Gasteiger partial charge in [-0.3, -0.25) is 9.69 Å². The molecule has 1 heterocycles. The highest BCUT2D eigenvalue weighted by molar-refractivity contribution is 5.66. The van der Waals surface area contributed by atoms with Gasteiger partial charge in [0.15, 0.2) is 0 Å². The number of nitrogens with one attached hydrogen (secondary N) is 1. The minimum absolute atomic E-state index is 0.0444. The van der Waals surface area contributed by atoms with Gasteiger partial charge < -0.3 is 10.4 Å². The molecule has 2 N–H and O–H groups in total. The van der Waals surface area contributed by atoms with Crippen LogP contribution in [0.3, 0.4) is 0 Å². The number of piperidine rings is 1. The van der Waals surface area contributed by atoms with Crippen LogP contribution in [-0.4, -0.2) is 54.4 Å². The molecule has 0 aromatic carbocycles. The highest BCUT2D eigenvalue weighted by atomic mass is 19.4. The standard InChI is InChI=1S/C10H17F3N2O2/c11-10(12,13)7-15-5-2-8(3-6-15)14-4-1-9(16)17/h8,14H,1-7H2,(H,16,17). The second-order valence-corrected chi connectivity index (χ2v) is 4.26. The van der Waals surface area contributed by atoms with Crippen LogP contribution in [-0.2, 0) is 4.79 Å². The number of nitrogens with zero attached hydrogens (tertiary/aromatic N) is 1. The van der Waals surface area contributed by atoms with Crippen LogP contribution < -0.4 is 5.32 Å². The lowest BCUT2D eigenvalue weighted by Crippen LogP contribution is -2.45. The summed E-state index contributed by atoms with van der Waals surface area (Å²) in [6.07, 6.45) is -2.82. The second kappa shape index (κ2) is 6.20. The molecular formula is C10H17F3N2O2. The van der Waals surface area contributed by atoms with E-state index < -0.39 is 18.7 Å². The average molecular weight is 254 g/mol. The Bertz CT molecular complexity index is 250. The van der Waals surface area contributed by atoms with Crippen LogP contribution in [0.25, 0.3) is 0 Å². The molecule has 0 unspecified atom stereocenters. The predicted octanol–water partition coefficient (Wildman–Crippen LogP) is 1.08. The molecule has 0 amide bonds. The molecule has 1 saturated heterocycles. The molecule has 0 saturated carbocycles. The van der Waals surface area contributed by atoms with Crippen LogP contribution >= 0.6 is 0 Å². The van der Waals surface area contributed by atoms with Gasteiger partial charge in [0.05, 0.1) is 13.0 Å². The maximum atomic E-state index is 12.1. The highest BCUT2D eigenvalue weighted by Crippen LogP contribution is 2.19. The number of rotatable bonds is 5. The molecule has 0 atom stereocenters. The quantitative estimate of drug-likeness (QED) is 0.770. The van der Waals surface area contributed by atoms with Gasteiger partial charge in [0, 0.05) is 12.6 Å². The van der Waals surface area contributed by atoms with Crippen LogP contribution in [0, 0.1) is 0 Å². The fourth-order valence-electron chi connectivity index (χ4n) is 1.93. The van der Waals surface area contributed by atoms with Crippen LogP contribution in [0.4, 0.5) is 13.2 Å². The maximum Gasteiger partial charge on any atom is 0.401 e. The number of carbonyl (C=O) groups is 1. The first-order chi connectivity index (χ1) is 7.87. The number of aliphatic carboxylic acids is 1. The Morgan fingerprint density at radius 1 is 1.35 bits per heavy atom. The molecule has 4 nitrogen and oxygen atoms in total. The topological polar surface area (TPSA) is 52.6 Å². The van der Waals surface area contributed by atoms with Gasteiger partial charge in [0.1, 0.15) is 0 Å². The normalized spacial score (nSPS) is 19.5. The molecule has 7 heteroatoms. The van der Waals surface area contributed by atoms with Crippen molar-refractivity contribution in [3.8, 4) is 0 Å². The highest BCUT2D eigenvalue weighted by Gasteiger charge is 2.32. The third-order valence-electron chi connectivity index (χ3n) is 2.76. The molecule has 1 fully saturated rings. The van der Waals surface area contributed by atoms with Gasteiger partial charge >= 0.3 is 12.1 Å². The van der Waals surface area contributed by atoms with Gasteiger partial charge in [-0.1, -0.05) is 0 Å². The summed E-state index contributed by atoms with van der Waals surface area (Å²) in [5.41, 5.74) is 0. The molecule has 0 aromatic heterocycles. The number of halogens is 3. The Balaban J connectivity index is 2.15. The largest absolute Gasteiger partial charge is 0.481 e. The van der Waals surface area contributed by atoms with Gasteiger partial charge in [0.25, 0.3) is 0 Å². The van der Waals surface area contributed by atoms with E-state index in [0.717, 1.165) is 0 Å². The van der Waals surface area contributed by atoms with Crippen LogP contribution in [0.15, 0.2) is 0 Å². The number of carboxylic acid groups (broad SMARTS) is 1. The lowest BCUT2D eigenvalue weighted by atomic mass is 10.0. The van der Waals surface area contributed by atoms with Crippen molar-refractivity contribution in [3.05, 3.63) is 0 Å². The average Bonchev–Trinajstić information content (AvgIpc) is 2.18. The summed E-state index contributed by atoms with van der Waals surface area (Å²) in [6, 6.07) is 0.138. The van der Waals surface area contributed by atoms with Gasteiger partial charge in [-0.2, -0.15) is 13.2 Å². The fraction of sp³-hybridized carbons (Fsp3) is 0.900. The molecule has 17 heavy (non-hydrogen) atoms. The Morgan fingerprint density at radius 2 is 1.94 bits per heavy atom. The van der Waals surface area contributed by atoms with E-state index in [4.69, 9.17) is 5.11 Å². The van der Waals surface area contributed by atoms with E-state index >= 15 is 0 Å². The SMILES string of the molecule is O=C(O)CCNC1CCN(CC(F)(F)F)CC1. The van der Waals surface area contributed by atoms with Crippen molar-refractivity contribution in [2.24, 2.45) is 0 Å². The molecule has 100 valence electrons. The van der Waals surface area contributed by atoms with Crippen LogP contribution in [0.1, 0.15) is 19.3 Å². The van der Waals surface area contributed by atoms with Crippen LogP contribution in [0.5, 0.6) is 0 Å². The van der Waals surface area contributed by atoms with Gasteiger partial charge in [-0.05, 0) is 25.9 Å². The number of likely N-dealkylation sites (tertiary alicyclic amines) is 1. The number of alkyl halides is 3. The Kier molecular flexibility index (Phi) is 5.20. The maximum absolute atomic E-state index is 12.1. The summed E-state index contributed by atoms with van der Waals surface area (Å²) in [4.78, 5) is 11.7. The van der Waals surface area contributed by atoms with Crippen molar-refractivity contribution < 1.29 is 23.1 Å². The monoisotopic (exact) mass is 254 g/mol. The van der Waals surface area contributed by atoms with E-state index in [0.29, 0.717) is 32.5 Å². The lowest BCUT2D eigenvalue weighted by molar-refractivity contribution is -0.148. The summed E-state index contributed by atoms with van der Waals surface area (Å²) in [5.74, 6) is -0.869. The van der Waals surface area contributed by atoms with E-state index in [1.165, 1.54) is 4.90 Å². The van der Waals surface area contributed by atoms with Crippen LogP contribution in [0.2, 0.25) is 0 Å². The minimum Gasteiger partial charge on any atom is -0.481 e. The number of hydrogen-bond acceptors (Lipinski definition) is 3. The predicted molar refractivity (Wildman–Crippen MR) is 55.8 cm³/mol.